The molecule has 15 rings (SSSR count). The summed E-state index contributed by atoms with van der Waals surface area (Å²) in [5.41, 5.74) is 27.0. The molecule has 346 valence electrons. The van der Waals surface area contributed by atoms with Gasteiger partial charge in [-0.05, 0) is 131 Å². The molecule has 2 nitrogen and oxygen atoms in total. The Hall–Kier alpha value is -7.94. The van der Waals surface area contributed by atoms with E-state index in [1.54, 1.807) is 0 Å². The lowest BCUT2D eigenvalue weighted by Gasteiger charge is -2.31. The van der Waals surface area contributed by atoms with Gasteiger partial charge in [0.1, 0.15) is 22.3 Å². The van der Waals surface area contributed by atoms with Crippen LogP contribution in [0.1, 0.15) is 103 Å². The highest BCUT2D eigenvalue weighted by molar-refractivity contribution is 6.22. The molecule has 0 aliphatic heterocycles. The van der Waals surface area contributed by atoms with E-state index < -0.39 is 0 Å². The van der Waals surface area contributed by atoms with Gasteiger partial charge < -0.3 is 8.83 Å². The first-order chi connectivity index (χ1) is 34.9. The van der Waals surface area contributed by atoms with E-state index in [0.717, 1.165) is 34.3 Å². The smallest absolute Gasteiger partial charge is 0.144 e. The Morgan fingerprint density at radius 3 is 1.76 bits per heavy atom. The Morgan fingerprint density at radius 1 is 0.403 bits per heavy atom. The van der Waals surface area contributed by atoms with Crippen molar-refractivity contribution in [1.82, 2.24) is 0 Å². The summed E-state index contributed by atoms with van der Waals surface area (Å²) < 4.78 is 13.9. The molecule has 0 saturated carbocycles. The Morgan fingerprint density at radius 2 is 0.972 bits per heavy atom. The summed E-state index contributed by atoms with van der Waals surface area (Å²) in [6, 6.07) is 68.1. The van der Waals surface area contributed by atoms with Crippen molar-refractivity contribution < 1.29 is 8.83 Å². The minimum Gasteiger partial charge on any atom is -0.455 e. The van der Waals surface area contributed by atoms with E-state index in [-0.39, 0.29) is 22.2 Å². The van der Waals surface area contributed by atoms with Crippen LogP contribution in [0.3, 0.4) is 0 Å². The van der Waals surface area contributed by atoms with Gasteiger partial charge in [-0.25, -0.2) is 0 Å². The van der Waals surface area contributed by atoms with Crippen molar-refractivity contribution in [3.63, 3.8) is 0 Å². The Bertz CT molecular complexity index is 4350. The van der Waals surface area contributed by atoms with Gasteiger partial charge >= 0.3 is 0 Å². The van der Waals surface area contributed by atoms with Gasteiger partial charge in [-0.2, -0.15) is 0 Å². The highest BCUT2D eigenvalue weighted by Crippen LogP contribution is 2.64. The zero-order chi connectivity index (χ0) is 48.6. The lowest BCUT2D eigenvalue weighted by Crippen LogP contribution is -2.24. The van der Waals surface area contributed by atoms with Crippen molar-refractivity contribution >= 4 is 54.6 Å². The molecule has 0 N–H and O–H groups in total. The van der Waals surface area contributed by atoms with E-state index in [1.807, 2.05) is 0 Å². The third-order valence-corrected chi connectivity index (χ3v) is 17.8. The Kier molecular flexibility index (Phi) is 8.34. The first kappa shape index (κ1) is 41.8. The summed E-state index contributed by atoms with van der Waals surface area (Å²) in [6.07, 6.45) is 0.871. The molecule has 2 aromatic heterocycles. The number of furan rings is 2. The van der Waals surface area contributed by atoms with Gasteiger partial charge in [0, 0.05) is 54.8 Å². The van der Waals surface area contributed by atoms with Crippen molar-refractivity contribution in [3.8, 4) is 44.5 Å². The normalized spacial score (nSPS) is 15.8. The third kappa shape index (κ3) is 5.40. The summed E-state index contributed by atoms with van der Waals surface area (Å²) in [7, 11) is 0. The second-order valence-electron chi connectivity index (χ2n) is 22.7. The lowest BCUT2D eigenvalue weighted by atomic mass is 9.71. The molecule has 3 aliphatic carbocycles. The number of rotatable bonds is 5. The molecule has 1 unspecified atom stereocenters. The first-order valence-electron chi connectivity index (χ1n) is 25.8. The van der Waals surface area contributed by atoms with Gasteiger partial charge in [0.2, 0.25) is 0 Å². The van der Waals surface area contributed by atoms with Crippen LogP contribution in [0.25, 0.3) is 99.2 Å². The van der Waals surface area contributed by atoms with Gasteiger partial charge in [-0.3, -0.25) is 0 Å². The SMILES string of the molecule is Cc1ccccc1C(Cc1ccc2c(c1)C(C)(C)c1cc(-c3cccc4ccccc34)c3oc4ccccc4c3c1-2)c1ccc2c(c1)C(C)(C)c1c3c(c4oc5ccccc5c4c1-2)-c1ccccc1C3(C)C. The second-order valence-corrected chi connectivity index (χ2v) is 22.7. The average Bonchev–Trinajstić information content (AvgIpc) is 4.16. The van der Waals surface area contributed by atoms with Crippen LogP contribution in [0.4, 0.5) is 0 Å². The van der Waals surface area contributed by atoms with E-state index >= 15 is 0 Å². The molecule has 0 bridgehead atoms. The summed E-state index contributed by atoms with van der Waals surface area (Å²) in [5, 5.41) is 7.28. The van der Waals surface area contributed by atoms with Crippen molar-refractivity contribution in [2.45, 2.75) is 77.0 Å². The molecule has 0 fully saturated rings. The summed E-state index contributed by atoms with van der Waals surface area (Å²) >= 11 is 0. The number of para-hydroxylation sites is 2. The maximum Gasteiger partial charge on any atom is 0.144 e. The molecule has 10 aromatic carbocycles. The topological polar surface area (TPSA) is 26.3 Å². The Balaban J connectivity index is 0.897. The molecule has 72 heavy (non-hydrogen) atoms. The molecule has 0 amide bonds. The second kappa shape index (κ2) is 14.4. The molecule has 1 atom stereocenters. The molecule has 2 heteroatoms. The van der Waals surface area contributed by atoms with Crippen LogP contribution < -0.4 is 0 Å². The zero-order valence-corrected chi connectivity index (χ0v) is 41.9. The van der Waals surface area contributed by atoms with Crippen LogP contribution in [-0.2, 0) is 22.7 Å². The Labute approximate surface area is 420 Å². The van der Waals surface area contributed by atoms with Crippen molar-refractivity contribution in [3.05, 3.63) is 238 Å². The molecular weight excluding hydrogens is 873 g/mol. The summed E-state index contributed by atoms with van der Waals surface area (Å²) in [5.74, 6) is 0.129. The van der Waals surface area contributed by atoms with Crippen LogP contribution in [0.2, 0.25) is 0 Å². The fraction of sp³-hybridized carbons (Fsp3) is 0.171. The van der Waals surface area contributed by atoms with Crippen LogP contribution in [0.5, 0.6) is 0 Å². The summed E-state index contributed by atoms with van der Waals surface area (Å²) in [4.78, 5) is 0. The highest BCUT2D eigenvalue weighted by atomic mass is 16.3. The average molecular weight is 927 g/mol. The van der Waals surface area contributed by atoms with E-state index in [2.05, 4.69) is 230 Å². The minimum atomic E-state index is -0.274. The van der Waals surface area contributed by atoms with Gasteiger partial charge in [-0.1, -0.05) is 205 Å². The standard InChI is InChI=1S/C70H54O2/c1-39-19-8-10-22-43(39)51(42-32-34-48-55(37-42)70(6,7)64-60(48)62-50-26-14-17-30-58(50)72-67(62)63-46-24-12-15-28-53(46)69(4,5)65(63)64)35-40-31-33-47-54(36-40)68(2,3)56-38-52(45-27-18-21-41-20-9-11-23-44(41)45)66-61(59(47)56)49-25-13-16-29-57(49)71-66/h8-34,36-38,51H,35H2,1-7H3. The zero-order valence-electron chi connectivity index (χ0n) is 41.9. The van der Waals surface area contributed by atoms with Gasteiger partial charge in [0.25, 0.3) is 0 Å². The monoisotopic (exact) mass is 926 g/mol. The first-order valence-corrected chi connectivity index (χ1v) is 25.8. The largest absolute Gasteiger partial charge is 0.455 e. The van der Waals surface area contributed by atoms with Crippen molar-refractivity contribution in [2.75, 3.05) is 0 Å². The maximum absolute atomic E-state index is 6.99. The lowest BCUT2D eigenvalue weighted by molar-refractivity contribution is 0.599. The van der Waals surface area contributed by atoms with Crippen LogP contribution >= 0.6 is 0 Å². The molecule has 2 heterocycles. The summed E-state index contributed by atoms with van der Waals surface area (Å²) in [6.45, 7) is 16.9. The van der Waals surface area contributed by atoms with Crippen LogP contribution in [-0.4, -0.2) is 0 Å². The van der Waals surface area contributed by atoms with Crippen molar-refractivity contribution in [1.29, 1.82) is 0 Å². The molecule has 12 aromatic rings. The predicted octanol–water partition coefficient (Wildman–Crippen LogP) is 18.9. The van der Waals surface area contributed by atoms with Gasteiger partial charge in [0.15, 0.2) is 0 Å². The van der Waals surface area contributed by atoms with Crippen molar-refractivity contribution in [2.24, 2.45) is 0 Å². The quantitative estimate of drug-likeness (QED) is 0.172. The molecule has 0 radical (unpaired) electrons. The molecule has 0 spiro atoms. The number of fused-ring (bicyclic) bond motifs is 20. The minimum absolute atomic E-state index is 0.129. The van der Waals surface area contributed by atoms with E-state index in [4.69, 9.17) is 8.83 Å². The molecular formula is C70H54O2. The number of aryl methyl sites for hydroxylation is 1. The van der Waals surface area contributed by atoms with Crippen LogP contribution in [0.15, 0.2) is 191 Å². The van der Waals surface area contributed by atoms with E-state index in [1.165, 1.54) is 127 Å². The third-order valence-electron chi connectivity index (χ3n) is 17.8. The van der Waals surface area contributed by atoms with Gasteiger partial charge in [0.05, 0.1) is 0 Å². The number of hydrogen-bond acceptors (Lipinski definition) is 2. The molecule has 0 saturated heterocycles. The predicted molar refractivity (Wildman–Crippen MR) is 300 cm³/mol. The van der Waals surface area contributed by atoms with E-state index in [0.29, 0.717) is 0 Å². The number of hydrogen-bond donors (Lipinski definition) is 0. The van der Waals surface area contributed by atoms with Gasteiger partial charge in [-0.15, -0.1) is 0 Å². The van der Waals surface area contributed by atoms with E-state index in [9.17, 15) is 0 Å². The fourth-order valence-electron chi connectivity index (χ4n) is 14.3. The van der Waals surface area contributed by atoms with Crippen LogP contribution in [0, 0.1) is 6.92 Å². The molecule has 3 aliphatic rings. The number of benzene rings is 10. The highest BCUT2D eigenvalue weighted by Gasteiger charge is 2.49. The fourth-order valence-corrected chi connectivity index (χ4v) is 14.3. The maximum atomic E-state index is 6.99.